The monoisotopic (exact) mass is 259 g/mol. The number of carbonyl (C=O) groups is 2. The lowest BCUT2D eigenvalue weighted by atomic mass is 9.92. The Morgan fingerprint density at radius 3 is 2.44 bits per heavy atom. The van der Waals surface area contributed by atoms with Crippen molar-refractivity contribution in [2.45, 2.75) is 58.9 Å². The lowest BCUT2D eigenvalue weighted by Crippen LogP contribution is -2.52. The highest BCUT2D eigenvalue weighted by atomic mass is 16.5. The fraction of sp³-hybridized carbons (Fsp3) is 0.846. The fourth-order valence-electron chi connectivity index (χ4n) is 1.37. The van der Waals surface area contributed by atoms with E-state index in [0.717, 1.165) is 19.3 Å². The molecule has 2 N–H and O–H groups in total. The first kappa shape index (κ1) is 16.7. The van der Waals surface area contributed by atoms with Gasteiger partial charge in [0.25, 0.3) is 0 Å². The van der Waals surface area contributed by atoms with E-state index in [4.69, 9.17) is 4.74 Å². The van der Waals surface area contributed by atoms with Gasteiger partial charge in [-0.05, 0) is 32.1 Å². The number of aliphatic carboxylic acids is 1. The Balaban J connectivity index is 4.33. The third kappa shape index (κ3) is 6.47. The van der Waals surface area contributed by atoms with Crippen molar-refractivity contribution in [1.82, 2.24) is 5.32 Å². The van der Waals surface area contributed by atoms with Gasteiger partial charge in [0.1, 0.15) is 5.54 Å². The zero-order chi connectivity index (χ0) is 14.2. The maximum Gasteiger partial charge on any atom is 0.408 e. The molecule has 0 saturated heterocycles. The SMILES string of the molecule is CCCCOC(=O)NC(C)(CCC(C)C)C(=O)O. The summed E-state index contributed by atoms with van der Waals surface area (Å²) in [7, 11) is 0. The Morgan fingerprint density at radius 2 is 2.00 bits per heavy atom. The van der Waals surface area contributed by atoms with E-state index in [1.165, 1.54) is 6.92 Å². The van der Waals surface area contributed by atoms with Crippen molar-refractivity contribution < 1.29 is 19.4 Å². The van der Waals surface area contributed by atoms with Crippen molar-refractivity contribution in [2.24, 2.45) is 5.92 Å². The Morgan fingerprint density at radius 1 is 1.39 bits per heavy atom. The van der Waals surface area contributed by atoms with Crippen molar-refractivity contribution in [3.63, 3.8) is 0 Å². The van der Waals surface area contributed by atoms with E-state index in [-0.39, 0.29) is 0 Å². The van der Waals surface area contributed by atoms with Gasteiger partial charge in [-0.15, -0.1) is 0 Å². The fourth-order valence-corrected chi connectivity index (χ4v) is 1.37. The van der Waals surface area contributed by atoms with E-state index >= 15 is 0 Å². The summed E-state index contributed by atoms with van der Waals surface area (Å²) in [6, 6.07) is 0. The summed E-state index contributed by atoms with van der Waals surface area (Å²) < 4.78 is 4.92. The van der Waals surface area contributed by atoms with Gasteiger partial charge in [-0.2, -0.15) is 0 Å². The molecule has 5 heteroatoms. The van der Waals surface area contributed by atoms with Crippen molar-refractivity contribution in [3.05, 3.63) is 0 Å². The number of hydrogen-bond acceptors (Lipinski definition) is 3. The second-order valence-corrected chi connectivity index (χ2v) is 5.18. The summed E-state index contributed by atoms with van der Waals surface area (Å²) in [5.41, 5.74) is -1.26. The first-order valence-electron chi connectivity index (χ1n) is 6.50. The van der Waals surface area contributed by atoms with Gasteiger partial charge in [-0.3, -0.25) is 0 Å². The minimum absolute atomic E-state index is 0.322. The molecule has 0 spiro atoms. The number of ether oxygens (including phenoxy) is 1. The smallest absolute Gasteiger partial charge is 0.408 e. The standard InChI is InChI=1S/C13H25NO4/c1-5-6-9-18-12(17)14-13(4,11(15)16)8-7-10(2)3/h10H,5-9H2,1-4H3,(H,14,17)(H,15,16). The number of carboxylic acids is 1. The molecule has 0 aliphatic rings. The summed E-state index contributed by atoms with van der Waals surface area (Å²) in [6.45, 7) is 7.86. The normalized spacial score (nSPS) is 14.1. The predicted octanol–water partition coefficient (Wildman–Crippen LogP) is 2.79. The molecule has 1 amide bonds. The van der Waals surface area contributed by atoms with Crippen LogP contribution in [0, 0.1) is 5.92 Å². The Bertz CT molecular complexity index is 278. The molecule has 0 aromatic carbocycles. The molecule has 1 atom stereocenters. The van der Waals surface area contributed by atoms with Crippen LogP contribution in [0.4, 0.5) is 4.79 Å². The van der Waals surface area contributed by atoms with Crippen molar-refractivity contribution in [1.29, 1.82) is 0 Å². The highest BCUT2D eigenvalue weighted by Gasteiger charge is 2.35. The molecular weight excluding hydrogens is 234 g/mol. The summed E-state index contributed by atoms with van der Waals surface area (Å²) in [5, 5.41) is 11.6. The molecule has 0 rings (SSSR count). The van der Waals surface area contributed by atoms with E-state index in [1.54, 1.807) is 0 Å². The zero-order valence-corrected chi connectivity index (χ0v) is 11.8. The zero-order valence-electron chi connectivity index (χ0n) is 11.8. The highest BCUT2D eigenvalue weighted by Crippen LogP contribution is 2.17. The first-order valence-corrected chi connectivity index (χ1v) is 6.50. The van der Waals surface area contributed by atoms with Gasteiger partial charge in [0.05, 0.1) is 6.61 Å². The molecule has 0 aromatic rings. The summed E-state index contributed by atoms with van der Waals surface area (Å²) >= 11 is 0. The number of alkyl carbamates (subject to hydrolysis) is 1. The van der Waals surface area contributed by atoms with Gasteiger partial charge in [0.2, 0.25) is 0 Å². The van der Waals surface area contributed by atoms with Crippen molar-refractivity contribution in [3.8, 4) is 0 Å². The number of nitrogens with one attached hydrogen (secondary N) is 1. The van der Waals surface area contributed by atoms with Gasteiger partial charge in [0.15, 0.2) is 0 Å². The molecule has 0 fully saturated rings. The molecule has 0 radical (unpaired) electrons. The number of hydrogen-bond donors (Lipinski definition) is 2. The average molecular weight is 259 g/mol. The molecule has 18 heavy (non-hydrogen) atoms. The van der Waals surface area contributed by atoms with E-state index in [1.807, 2.05) is 20.8 Å². The number of carboxylic acid groups (broad SMARTS) is 1. The Hall–Kier alpha value is -1.26. The number of carbonyl (C=O) groups excluding carboxylic acids is 1. The minimum Gasteiger partial charge on any atom is -0.480 e. The van der Waals surface area contributed by atoms with Crippen LogP contribution < -0.4 is 5.32 Å². The second-order valence-electron chi connectivity index (χ2n) is 5.18. The van der Waals surface area contributed by atoms with Crippen molar-refractivity contribution >= 4 is 12.1 Å². The van der Waals surface area contributed by atoms with Crippen LogP contribution in [0.15, 0.2) is 0 Å². The van der Waals surface area contributed by atoms with Gasteiger partial charge in [-0.25, -0.2) is 9.59 Å². The molecule has 0 saturated carbocycles. The van der Waals surface area contributed by atoms with Gasteiger partial charge in [0, 0.05) is 0 Å². The maximum atomic E-state index is 11.5. The minimum atomic E-state index is -1.26. The van der Waals surface area contributed by atoms with Gasteiger partial charge in [-0.1, -0.05) is 27.2 Å². The average Bonchev–Trinajstić information content (AvgIpc) is 2.26. The molecule has 0 heterocycles. The van der Waals surface area contributed by atoms with Crippen molar-refractivity contribution in [2.75, 3.05) is 6.61 Å². The third-order valence-corrected chi connectivity index (χ3v) is 2.80. The van der Waals surface area contributed by atoms with Crippen LogP contribution in [-0.4, -0.2) is 29.3 Å². The van der Waals surface area contributed by atoms with Crippen LogP contribution in [0.1, 0.15) is 53.4 Å². The van der Waals surface area contributed by atoms with E-state index in [0.29, 0.717) is 18.9 Å². The Labute approximate surface area is 109 Å². The summed E-state index contributed by atoms with van der Waals surface area (Å²) in [6.07, 6.45) is 2.18. The van der Waals surface area contributed by atoms with Gasteiger partial charge >= 0.3 is 12.1 Å². The lowest BCUT2D eigenvalue weighted by molar-refractivity contribution is -0.144. The van der Waals surface area contributed by atoms with Crippen LogP contribution in [0.25, 0.3) is 0 Å². The Kier molecular flexibility index (Phi) is 7.39. The first-order chi connectivity index (χ1) is 8.31. The largest absolute Gasteiger partial charge is 0.480 e. The molecular formula is C13H25NO4. The molecule has 5 nitrogen and oxygen atoms in total. The molecule has 106 valence electrons. The molecule has 0 aromatic heterocycles. The van der Waals surface area contributed by atoms with E-state index in [9.17, 15) is 14.7 Å². The number of amides is 1. The molecule has 0 aliphatic heterocycles. The van der Waals surface area contributed by atoms with Gasteiger partial charge < -0.3 is 15.2 Å². The third-order valence-electron chi connectivity index (χ3n) is 2.80. The number of rotatable bonds is 8. The van der Waals surface area contributed by atoms with E-state index < -0.39 is 17.6 Å². The molecule has 1 unspecified atom stereocenters. The van der Waals surface area contributed by atoms with Crippen LogP contribution in [-0.2, 0) is 9.53 Å². The molecule has 0 bridgehead atoms. The molecule has 0 aliphatic carbocycles. The topological polar surface area (TPSA) is 75.6 Å². The quantitative estimate of drug-likeness (QED) is 0.657. The number of unbranched alkanes of at least 4 members (excludes halogenated alkanes) is 1. The van der Waals surface area contributed by atoms with Crippen LogP contribution >= 0.6 is 0 Å². The lowest BCUT2D eigenvalue weighted by Gasteiger charge is -2.26. The van der Waals surface area contributed by atoms with Crippen LogP contribution in [0.5, 0.6) is 0 Å². The second kappa shape index (κ2) is 7.95. The summed E-state index contributed by atoms with van der Waals surface area (Å²) in [4.78, 5) is 22.7. The predicted molar refractivity (Wildman–Crippen MR) is 69.5 cm³/mol. The summed E-state index contributed by atoms with van der Waals surface area (Å²) in [5.74, 6) is -0.642. The van der Waals surface area contributed by atoms with Crippen LogP contribution in [0.3, 0.4) is 0 Å². The highest BCUT2D eigenvalue weighted by molar-refractivity contribution is 5.83. The van der Waals surface area contributed by atoms with Crippen LogP contribution in [0.2, 0.25) is 0 Å². The van der Waals surface area contributed by atoms with E-state index in [2.05, 4.69) is 5.32 Å². The maximum absolute atomic E-state index is 11.5.